The Labute approximate surface area is 111 Å². The van der Waals surface area contributed by atoms with Crippen LogP contribution in [0, 0.1) is 12.3 Å². The van der Waals surface area contributed by atoms with Crippen molar-refractivity contribution in [1.29, 1.82) is 0 Å². The van der Waals surface area contributed by atoms with E-state index < -0.39 is 0 Å². The van der Waals surface area contributed by atoms with Gasteiger partial charge in [0.25, 0.3) is 5.91 Å². The molecule has 1 N–H and O–H groups in total. The van der Waals surface area contributed by atoms with Crippen molar-refractivity contribution >= 4 is 21.8 Å². The van der Waals surface area contributed by atoms with E-state index in [4.69, 9.17) is 0 Å². The summed E-state index contributed by atoms with van der Waals surface area (Å²) in [5, 5.41) is 7.18. The summed E-state index contributed by atoms with van der Waals surface area (Å²) < 4.78 is 2.46. The Morgan fingerprint density at radius 2 is 2.00 bits per heavy atom. The molecule has 0 saturated carbocycles. The monoisotopic (exact) mass is 301 g/mol. The molecule has 0 aromatic carbocycles. The molecule has 1 unspecified atom stereocenters. The number of aryl methyl sites for hydroxylation is 1. The topological polar surface area (TPSA) is 46.9 Å². The van der Waals surface area contributed by atoms with Gasteiger partial charge in [0.2, 0.25) is 0 Å². The summed E-state index contributed by atoms with van der Waals surface area (Å²) in [5.74, 6) is -0.136. The average Bonchev–Trinajstić information content (AvgIpc) is 2.44. The first kappa shape index (κ1) is 14.2. The van der Waals surface area contributed by atoms with Gasteiger partial charge < -0.3 is 5.32 Å². The fourth-order valence-electron chi connectivity index (χ4n) is 1.21. The maximum atomic E-state index is 12.1. The highest BCUT2D eigenvalue weighted by molar-refractivity contribution is 9.10. The summed E-state index contributed by atoms with van der Waals surface area (Å²) >= 11 is 3.40. The zero-order valence-electron chi connectivity index (χ0n) is 11.3. The molecule has 0 fully saturated rings. The van der Waals surface area contributed by atoms with Crippen molar-refractivity contribution in [2.24, 2.45) is 12.5 Å². The lowest BCUT2D eigenvalue weighted by atomic mass is 9.88. The number of nitrogens with zero attached hydrogens (tertiary/aromatic N) is 2. The predicted octanol–water partition coefficient (Wildman–Crippen LogP) is 2.66. The van der Waals surface area contributed by atoms with E-state index in [2.05, 4.69) is 47.1 Å². The first-order valence-electron chi connectivity index (χ1n) is 5.64. The Balaban J connectivity index is 2.88. The fourth-order valence-corrected chi connectivity index (χ4v) is 1.72. The molecule has 0 saturated heterocycles. The number of hydrogen-bond donors (Lipinski definition) is 1. The molecule has 1 amide bonds. The van der Waals surface area contributed by atoms with E-state index in [1.54, 1.807) is 4.68 Å². The van der Waals surface area contributed by atoms with E-state index in [9.17, 15) is 4.79 Å². The quantitative estimate of drug-likeness (QED) is 0.913. The van der Waals surface area contributed by atoms with E-state index in [0.29, 0.717) is 5.69 Å². The van der Waals surface area contributed by atoms with Crippen LogP contribution >= 0.6 is 15.9 Å². The van der Waals surface area contributed by atoms with Crippen LogP contribution in [0.4, 0.5) is 0 Å². The minimum absolute atomic E-state index is 0.0337. The second kappa shape index (κ2) is 4.80. The van der Waals surface area contributed by atoms with E-state index in [1.165, 1.54) is 0 Å². The average molecular weight is 302 g/mol. The zero-order chi connectivity index (χ0) is 13.4. The number of amides is 1. The summed E-state index contributed by atoms with van der Waals surface area (Å²) in [6.07, 6.45) is 0. The largest absolute Gasteiger partial charge is 0.348 e. The maximum Gasteiger partial charge on any atom is 0.273 e. The number of aromatic nitrogens is 2. The van der Waals surface area contributed by atoms with Gasteiger partial charge in [-0.3, -0.25) is 9.48 Å². The molecule has 0 aliphatic rings. The molecule has 1 heterocycles. The van der Waals surface area contributed by atoms with Crippen LogP contribution in [0.25, 0.3) is 0 Å². The number of nitrogens with one attached hydrogen (secondary N) is 1. The molecule has 0 aliphatic heterocycles. The highest BCUT2D eigenvalue weighted by Crippen LogP contribution is 2.22. The lowest BCUT2D eigenvalue weighted by molar-refractivity contribution is 0.0903. The Morgan fingerprint density at radius 3 is 2.35 bits per heavy atom. The van der Waals surface area contributed by atoms with Gasteiger partial charge in [-0.25, -0.2) is 0 Å². The third-order valence-corrected chi connectivity index (χ3v) is 4.07. The molecule has 1 aromatic heterocycles. The smallest absolute Gasteiger partial charge is 0.273 e. The molecule has 1 rings (SSSR count). The third-order valence-electron chi connectivity index (χ3n) is 3.12. The van der Waals surface area contributed by atoms with Gasteiger partial charge in [-0.2, -0.15) is 5.10 Å². The Bertz CT molecular complexity index is 432. The second-order valence-electron chi connectivity index (χ2n) is 5.43. The Hall–Kier alpha value is -0.840. The Morgan fingerprint density at radius 1 is 1.47 bits per heavy atom. The van der Waals surface area contributed by atoms with Crippen molar-refractivity contribution in [2.75, 3.05) is 0 Å². The van der Waals surface area contributed by atoms with Crippen molar-refractivity contribution in [3.05, 3.63) is 15.9 Å². The van der Waals surface area contributed by atoms with Crippen LogP contribution in [0.5, 0.6) is 0 Å². The number of carbonyl (C=O) groups is 1. The molecule has 0 spiro atoms. The minimum Gasteiger partial charge on any atom is -0.348 e. The van der Waals surface area contributed by atoms with E-state index in [-0.39, 0.29) is 17.4 Å². The predicted molar refractivity (Wildman–Crippen MR) is 72.0 cm³/mol. The lowest BCUT2D eigenvalue weighted by Gasteiger charge is -2.27. The van der Waals surface area contributed by atoms with Crippen LogP contribution in [0.3, 0.4) is 0 Å². The molecule has 1 atom stereocenters. The zero-order valence-corrected chi connectivity index (χ0v) is 12.8. The van der Waals surface area contributed by atoms with Crippen molar-refractivity contribution in [3.63, 3.8) is 0 Å². The summed E-state index contributed by atoms with van der Waals surface area (Å²) in [6, 6.07) is 0.0872. The summed E-state index contributed by atoms with van der Waals surface area (Å²) in [5.41, 5.74) is 1.42. The van der Waals surface area contributed by atoms with Crippen LogP contribution in [0.1, 0.15) is 43.9 Å². The van der Waals surface area contributed by atoms with Crippen LogP contribution in [0.2, 0.25) is 0 Å². The van der Waals surface area contributed by atoms with Crippen LogP contribution in [0.15, 0.2) is 4.47 Å². The molecule has 5 heteroatoms. The van der Waals surface area contributed by atoms with Gasteiger partial charge in [0, 0.05) is 13.1 Å². The van der Waals surface area contributed by atoms with Crippen LogP contribution in [-0.4, -0.2) is 21.7 Å². The first-order valence-corrected chi connectivity index (χ1v) is 6.44. The maximum absolute atomic E-state index is 12.1. The molecule has 4 nitrogen and oxygen atoms in total. The van der Waals surface area contributed by atoms with E-state index >= 15 is 0 Å². The van der Waals surface area contributed by atoms with Gasteiger partial charge in [-0.15, -0.1) is 0 Å². The number of rotatable bonds is 2. The van der Waals surface area contributed by atoms with Gasteiger partial charge in [-0.1, -0.05) is 20.8 Å². The second-order valence-corrected chi connectivity index (χ2v) is 6.23. The lowest BCUT2D eigenvalue weighted by Crippen LogP contribution is -2.41. The SMILES string of the molecule is Cc1c(Br)c(C(=O)NC(C)C(C)(C)C)nn1C. The highest BCUT2D eigenvalue weighted by atomic mass is 79.9. The minimum atomic E-state index is -0.136. The normalized spacial score (nSPS) is 13.6. The molecular formula is C12H20BrN3O. The number of halogens is 1. The first-order chi connectivity index (χ1) is 7.64. The summed E-state index contributed by atoms with van der Waals surface area (Å²) in [4.78, 5) is 12.1. The van der Waals surface area contributed by atoms with Crippen molar-refractivity contribution < 1.29 is 4.79 Å². The van der Waals surface area contributed by atoms with Gasteiger partial charge in [-0.05, 0) is 35.2 Å². The van der Waals surface area contributed by atoms with Crippen LogP contribution in [-0.2, 0) is 7.05 Å². The molecule has 17 heavy (non-hydrogen) atoms. The molecule has 1 aromatic rings. The summed E-state index contributed by atoms with van der Waals surface area (Å²) in [6.45, 7) is 10.2. The Kier molecular flexibility index (Phi) is 4.02. The summed E-state index contributed by atoms with van der Waals surface area (Å²) in [7, 11) is 1.82. The molecular weight excluding hydrogens is 282 g/mol. The number of hydrogen-bond acceptors (Lipinski definition) is 2. The van der Waals surface area contributed by atoms with Crippen molar-refractivity contribution in [1.82, 2.24) is 15.1 Å². The molecule has 0 bridgehead atoms. The van der Waals surface area contributed by atoms with Gasteiger partial charge >= 0.3 is 0 Å². The standard InChI is InChI=1S/C12H20BrN3O/c1-7-9(13)10(15-16(7)6)11(17)14-8(2)12(3,4)5/h8H,1-6H3,(H,14,17). The number of carbonyl (C=O) groups excluding carboxylic acids is 1. The van der Waals surface area contributed by atoms with Gasteiger partial charge in [0.05, 0.1) is 10.2 Å². The molecule has 0 aliphatic carbocycles. The van der Waals surface area contributed by atoms with Crippen molar-refractivity contribution in [3.8, 4) is 0 Å². The highest BCUT2D eigenvalue weighted by Gasteiger charge is 2.25. The fraction of sp³-hybridized carbons (Fsp3) is 0.667. The third kappa shape index (κ3) is 3.09. The van der Waals surface area contributed by atoms with Gasteiger partial charge in [0.1, 0.15) is 0 Å². The van der Waals surface area contributed by atoms with Gasteiger partial charge in [0.15, 0.2) is 5.69 Å². The van der Waals surface area contributed by atoms with E-state index in [1.807, 2.05) is 20.9 Å². The van der Waals surface area contributed by atoms with E-state index in [0.717, 1.165) is 10.2 Å². The van der Waals surface area contributed by atoms with Crippen molar-refractivity contribution in [2.45, 2.75) is 40.7 Å². The molecule has 96 valence electrons. The molecule has 0 radical (unpaired) electrons. The van der Waals surface area contributed by atoms with Crippen LogP contribution < -0.4 is 5.32 Å².